The van der Waals surface area contributed by atoms with E-state index >= 15 is 0 Å². The van der Waals surface area contributed by atoms with E-state index in [4.69, 9.17) is 19.4 Å². The summed E-state index contributed by atoms with van der Waals surface area (Å²) in [6.45, 7) is 3.38. The van der Waals surface area contributed by atoms with Crippen LogP contribution in [0.2, 0.25) is 0 Å². The van der Waals surface area contributed by atoms with Crippen molar-refractivity contribution in [2.24, 2.45) is 0 Å². The lowest BCUT2D eigenvalue weighted by molar-refractivity contribution is 0.0528. The molecule has 10 nitrogen and oxygen atoms in total. The minimum absolute atomic E-state index is 0.213. The molecular formula is C28H28N6O4. The van der Waals surface area contributed by atoms with Gasteiger partial charge in [-0.05, 0) is 24.6 Å². The highest BCUT2D eigenvalue weighted by Gasteiger charge is 2.31. The van der Waals surface area contributed by atoms with Crippen LogP contribution in [0.1, 0.15) is 28.9 Å². The lowest BCUT2D eigenvalue weighted by Crippen LogP contribution is -2.23. The summed E-state index contributed by atoms with van der Waals surface area (Å²) >= 11 is 0. The second-order valence-corrected chi connectivity index (χ2v) is 9.35. The Morgan fingerprint density at radius 3 is 2.76 bits per heavy atom. The molecule has 2 aromatic heterocycles. The first-order valence-corrected chi connectivity index (χ1v) is 12.6. The predicted octanol–water partition coefficient (Wildman–Crippen LogP) is 3.44. The Kier molecular flexibility index (Phi) is 6.26. The van der Waals surface area contributed by atoms with E-state index in [1.807, 2.05) is 54.2 Å². The Labute approximate surface area is 219 Å². The second-order valence-electron chi connectivity index (χ2n) is 9.35. The molecule has 1 aromatic carbocycles. The minimum Gasteiger partial charge on any atom is -0.462 e. The van der Waals surface area contributed by atoms with Crippen LogP contribution >= 0.6 is 0 Å². The van der Waals surface area contributed by atoms with Gasteiger partial charge >= 0.3 is 5.97 Å². The molecule has 0 unspecified atom stereocenters. The van der Waals surface area contributed by atoms with Crippen molar-refractivity contribution in [2.75, 3.05) is 31.8 Å². The first-order valence-electron chi connectivity index (χ1n) is 12.6. The summed E-state index contributed by atoms with van der Waals surface area (Å²) in [5, 5.41) is 14.9. The van der Waals surface area contributed by atoms with Crippen molar-refractivity contribution in [1.29, 1.82) is 0 Å². The Bertz CT molecular complexity index is 1560. The number of aliphatic hydroxyl groups excluding tert-OH is 1. The molecule has 1 N–H and O–H groups in total. The Hall–Kier alpha value is -4.28. The summed E-state index contributed by atoms with van der Waals surface area (Å²) < 4.78 is 14.4. The largest absolute Gasteiger partial charge is 0.462 e. The van der Waals surface area contributed by atoms with Gasteiger partial charge in [0.25, 0.3) is 0 Å². The standard InChI is InChI=1S/C28H28N6O4/c1-3-38-28(36)21-14-30-34-25(32(2)15-18-8-5-4-6-9-18)12-22(31-27(21)34)20-13-29-26-19(20)10-7-11-33(26)23-16-37-17-24(23)35/h4-14,23-24,35H,3,15-17H2,1-2H3/t23-,24-/m0/s1. The lowest BCUT2D eigenvalue weighted by Gasteiger charge is -2.22. The van der Waals surface area contributed by atoms with Crippen LogP contribution in [0.4, 0.5) is 5.82 Å². The molecule has 38 heavy (non-hydrogen) atoms. The number of carbonyl (C=O) groups excluding carboxylic acids is 1. The zero-order valence-corrected chi connectivity index (χ0v) is 21.2. The van der Waals surface area contributed by atoms with Crippen molar-refractivity contribution < 1.29 is 19.4 Å². The van der Waals surface area contributed by atoms with Crippen molar-refractivity contribution in [2.45, 2.75) is 25.6 Å². The maximum atomic E-state index is 12.7. The molecule has 6 rings (SSSR count). The molecule has 0 bridgehead atoms. The molecule has 5 heterocycles. The minimum atomic E-state index is -0.600. The number of aliphatic hydroxyl groups is 1. The van der Waals surface area contributed by atoms with E-state index in [0.717, 1.165) is 28.3 Å². The van der Waals surface area contributed by atoms with Gasteiger partial charge in [0.1, 0.15) is 23.3 Å². The monoisotopic (exact) mass is 512 g/mol. The van der Waals surface area contributed by atoms with Gasteiger partial charge in [0, 0.05) is 43.2 Å². The Morgan fingerprint density at radius 1 is 1.16 bits per heavy atom. The van der Waals surface area contributed by atoms with E-state index in [2.05, 4.69) is 22.1 Å². The average molecular weight is 513 g/mol. The number of hydrogen-bond donors (Lipinski definition) is 1. The molecule has 3 aliphatic heterocycles. The van der Waals surface area contributed by atoms with Crippen LogP contribution < -0.4 is 4.90 Å². The highest BCUT2D eigenvalue weighted by molar-refractivity contribution is 5.96. The van der Waals surface area contributed by atoms with Gasteiger partial charge in [-0.3, -0.25) is 0 Å². The lowest BCUT2D eigenvalue weighted by atomic mass is 10.1. The van der Waals surface area contributed by atoms with Crippen LogP contribution in [-0.2, 0) is 16.0 Å². The van der Waals surface area contributed by atoms with Crippen molar-refractivity contribution >= 4 is 17.4 Å². The number of nitrogens with zero attached hydrogens (tertiary/aromatic N) is 6. The van der Waals surface area contributed by atoms with Gasteiger partial charge in [-0.2, -0.15) is 9.61 Å². The fraction of sp³-hybridized carbons (Fsp3) is 0.286. The third-order valence-corrected chi connectivity index (χ3v) is 6.86. The number of esters is 1. The molecule has 3 aromatic rings. The highest BCUT2D eigenvalue weighted by atomic mass is 16.5. The number of rotatable bonds is 7. The summed E-state index contributed by atoms with van der Waals surface area (Å²) in [6, 6.07) is 15.8. The summed E-state index contributed by atoms with van der Waals surface area (Å²) in [4.78, 5) is 24.4. The van der Waals surface area contributed by atoms with E-state index in [0.29, 0.717) is 36.7 Å². The first-order chi connectivity index (χ1) is 18.5. The van der Waals surface area contributed by atoms with Crippen molar-refractivity contribution in [1.82, 2.24) is 24.1 Å². The normalized spacial score (nSPS) is 17.3. The van der Waals surface area contributed by atoms with Crippen LogP contribution in [0.5, 0.6) is 0 Å². The van der Waals surface area contributed by atoms with Gasteiger partial charge in [-0.1, -0.05) is 30.3 Å². The topological polar surface area (TPSA) is 107 Å². The summed E-state index contributed by atoms with van der Waals surface area (Å²) in [5.74, 6) is 1.03. The number of hydrogen-bond acceptors (Lipinski definition) is 8. The number of fused-ring (bicyclic) bond motifs is 2. The van der Waals surface area contributed by atoms with Crippen LogP contribution in [0.25, 0.3) is 28.3 Å². The smallest absolute Gasteiger partial charge is 0.343 e. The second kappa shape index (κ2) is 9.88. The molecule has 0 radical (unpaired) electrons. The fourth-order valence-electron chi connectivity index (χ4n) is 4.97. The van der Waals surface area contributed by atoms with E-state index in [-0.39, 0.29) is 12.6 Å². The number of pyridine rings is 1. The van der Waals surface area contributed by atoms with Crippen molar-refractivity contribution in [3.63, 3.8) is 0 Å². The van der Waals surface area contributed by atoms with Gasteiger partial charge < -0.3 is 24.0 Å². The maximum Gasteiger partial charge on any atom is 0.343 e. The molecule has 0 spiro atoms. The zero-order chi connectivity index (χ0) is 26.2. The van der Waals surface area contributed by atoms with Crippen LogP contribution in [-0.4, -0.2) is 68.2 Å². The third kappa shape index (κ3) is 4.17. The third-order valence-electron chi connectivity index (χ3n) is 6.86. The molecule has 2 atom stereocenters. The molecule has 194 valence electrons. The molecule has 0 amide bonds. The molecule has 3 aliphatic rings. The van der Waals surface area contributed by atoms with E-state index in [9.17, 15) is 9.90 Å². The highest BCUT2D eigenvalue weighted by Crippen LogP contribution is 2.37. The number of ether oxygens (including phenoxy) is 2. The molecular weight excluding hydrogens is 484 g/mol. The molecule has 0 saturated carbocycles. The Morgan fingerprint density at radius 2 is 2.00 bits per heavy atom. The van der Waals surface area contributed by atoms with Crippen molar-refractivity contribution in [3.8, 4) is 22.6 Å². The Balaban J connectivity index is 1.47. The first kappa shape index (κ1) is 24.1. The molecule has 1 fully saturated rings. The zero-order valence-electron chi connectivity index (χ0n) is 21.2. The summed E-state index contributed by atoms with van der Waals surface area (Å²) in [7, 11) is 1.98. The number of aromatic nitrogens is 5. The van der Waals surface area contributed by atoms with Crippen LogP contribution in [0.3, 0.4) is 0 Å². The summed E-state index contributed by atoms with van der Waals surface area (Å²) in [5.41, 5.74) is 4.20. The van der Waals surface area contributed by atoms with E-state index in [1.54, 1.807) is 17.6 Å². The van der Waals surface area contributed by atoms with Gasteiger partial charge in [-0.25, -0.2) is 14.8 Å². The SMILES string of the molecule is CCOC(=O)c1cnn2c(N(C)Cc3ccccc3)cc(-c3cnc4n([C@H]5COC[C@@H]5O)cccc3-4)nc12. The number of benzene rings is 1. The number of carbonyl (C=O) groups is 1. The van der Waals surface area contributed by atoms with E-state index in [1.165, 1.54) is 6.20 Å². The fourth-order valence-corrected chi connectivity index (χ4v) is 4.97. The van der Waals surface area contributed by atoms with Gasteiger partial charge in [0.05, 0.1) is 37.8 Å². The number of anilines is 1. The van der Waals surface area contributed by atoms with E-state index < -0.39 is 12.1 Å². The molecule has 0 aliphatic carbocycles. The predicted molar refractivity (Wildman–Crippen MR) is 141 cm³/mol. The van der Waals surface area contributed by atoms with Gasteiger partial charge in [0.15, 0.2) is 5.65 Å². The van der Waals surface area contributed by atoms with Crippen LogP contribution in [0, 0.1) is 0 Å². The van der Waals surface area contributed by atoms with Gasteiger partial charge in [-0.15, -0.1) is 0 Å². The summed E-state index contributed by atoms with van der Waals surface area (Å²) in [6.07, 6.45) is 4.59. The quantitative estimate of drug-likeness (QED) is 0.331. The molecule has 10 heteroatoms. The molecule has 1 saturated heterocycles. The maximum absolute atomic E-state index is 12.7. The van der Waals surface area contributed by atoms with Crippen molar-refractivity contribution in [3.05, 3.63) is 78.2 Å². The van der Waals surface area contributed by atoms with Crippen LogP contribution in [0.15, 0.2) is 67.1 Å². The van der Waals surface area contributed by atoms with Gasteiger partial charge in [0.2, 0.25) is 0 Å². The average Bonchev–Trinajstić information content (AvgIpc) is 3.66.